The van der Waals surface area contributed by atoms with Crippen molar-refractivity contribution in [3.05, 3.63) is 77.7 Å². The summed E-state index contributed by atoms with van der Waals surface area (Å²) >= 11 is 0. The number of hydrogen-bond donors (Lipinski definition) is 1. The summed E-state index contributed by atoms with van der Waals surface area (Å²) in [7, 11) is 0. The molecule has 8 nitrogen and oxygen atoms in total. The van der Waals surface area contributed by atoms with E-state index in [0.717, 1.165) is 23.1 Å². The van der Waals surface area contributed by atoms with Crippen molar-refractivity contribution in [3.8, 4) is 0 Å². The molecule has 0 aliphatic carbocycles. The summed E-state index contributed by atoms with van der Waals surface area (Å²) in [6, 6.07) is 15.8. The molecule has 8 heteroatoms. The third kappa shape index (κ3) is 5.42. The smallest absolute Gasteiger partial charge is 0.251 e. The number of rotatable bonds is 9. The fourth-order valence-electron chi connectivity index (χ4n) is 4.04. The van der Waals surface area contributed by atoms with Gasteiger partial charge in [0.25, 0.3) is 5.91 Å². The maximum absolute atomic E-state index is 14.0. The van der Waals surface area contributed by atoms with E-state index in [9.17, 15) is 9.59 Å². The zero-order valence-electron chi connectivity index (χ0n) is 20.6. The highest BCUT2D eigenvalue weighted by molar-refractivity contribution is 6.01. The van der Waals surface area contributed by atoms with Crippen LogP contribution in [0.25, 0.3) is 11.0 Å². The van der Waals surface area contributed by atoms with Crippen LogP contribution in [0.15, 0.2) is 65.3 Å². The van der Waals surface area contributed by atoms with Crippen LogP contribution in [-0.2, 0) is 16.1 Å². The molecule has 1 N–H and O–H groups in total. The molecule has 2 amide bonds. The highest BCUT2D eigenvalue weighted by Gasteiger charge is 2.36. The molecule has 2 heterocycles. The van der Waals surface area contributed by atoms with E-state index in [1.807, 2.05) is 56.3 Å². The lowest BCUT2D eigenvalue weighted by molar-refractivity contribution is -0.127. The van der Waals surface area contributed by atoms with Crippen LogP contribution in [0.4, 0.5) is 5.69 Å². The highest BCUT2D eigenvalue weighted by Crippen LogP contribution is 2.32. The zero-order chi connectivity index (χ0) is 24.9. The Hall–Kier alpha value is -3.94. The maximum atomic E-state index is 14.0. The lowest BCUT2D eigenvalue weighted by atomic mass is 10.0. The summed E-state index contributed by atoms with van der Waals surface area (Å²) in [6.07, 6.45) is 2.35. The van der Waals surface area contributed by atoms with E-state index in [0.29, 0.717) is 29.4 Å². The molecule has 0 bridgehead atoms. The van der Waals surface area contributed by atoms with Gasteiger partial charge in [-0.2, -0.15) is 0 Å². The Kier molecular flexibility index (Phi) is 7.29. The quantitative estimate of drug-likeness (QED) is 0.384. The number of aryl methyl sites for hydroxylation is 2. The lowest BCUT2D eigenvalue weighted by Crippen LogP contribution is -2.45. The summed E-state index contributed by atoms with van der Waals surface area (Å²) in [4.78, 5) is 29.0. The van der Waals surface area contributed by atoms with Gasteiger partial charge in [0.2, 0.25) is 5.91 Å². The van der Waals surface area contributed by atoms with Gasteiger partial charge in [0.1, 0.15) is 17.8 Å². The topological polar surface area (TPSA) is 93.3 Å². The number of anilines is 1. The predicted molar refractivity (Wildman–Crippen MR) is 135 cm³/mol. The fourth-order valence-corrected chi connectivity index (χ4v) is 4.04. The fraction of sp³-hybridized carbons (Fsp3) is 0.333. The van der Waals surface area contributed by atoms with Crippen LogP contribution in [0.2, 0.25) is 0 Å². The summed E-state index contributed by atoms with van der Waals surface area (Å²) in [5.74, 6) is 0.243. The molecule has 0 aliphatic rings. The van der Waals surface area contributed by atoms with Crippen molar-refractivity contribution in [3.63, 3.8) is 0 Å². The van der Waals surface area contributed by atoms with E-state index in [1.165, 1.54) is 11.2 Å². The van der Waals surface area contributed by atoms with Crippen molar-refractivity contribution in [2.45, 2.75) is 46.7 Å². The van der Waals surface area contributed by atoms with Crippen LogP contribution in [0.3, 0.4) is 0 Å². The molecule has 4 rings (SSSR count). The van der Waals surface area contributed by atoms with Crippen molar-refractivity contribution < 1.29 is 14.0 Å². The summed E-state index contributed by atoms with van der Waals surface area (Å²) < 4.78 is 7.24. The Morgan fingerprint density at radius 3 is 2.63 bits per heavy atom. The van der Waals surface area contributed by atoms with Crippen LogP contribution in [0.1, 0.15) is 43.2 Å². The van der Waals surface area contributed by atoms with Gasteiger partial charge in [-0.1, -0.05) is 43.3 Å². The monoisotopic (exact) mass is 473 g/mol. The summed E-state index contributed by atoms with van der Waals surface area (Å²) in [6.45, 7) is 8.52. The molecule has 0 saturated carbocycles. The van der Waals surface area contributed by atoms with Gasteiger partial charge in [0.15, 0.2) is 6.04 Å². The van der Waals surface area contributed by atoms with E-state index in [2.05, 4.69) is 29.5 Å². The minimum Gasteiger partial charge on any atom is -0.467 e. The first-order chi connectivity index (χ1) is 16.8. The Morgan fingerprint density at radius 1 is 1.09 bits per heavy atom. The van der Waals surface area contributed by atoms with E-state index >= 15 is 0 Å². The van der Waals surface area contributed by atoms with E-state index < -0.39 is 6.04 Å². The molecule has 4 aromatic rings. The standard InChI is InChI=1S/C27H31N5O3/c1-18(2)13-14-28-27(34)26(24-10-7-15-35-24)32(23-16-19(3)11-12-20(23)4)25(33)17-31-22-9-6-5-8-21(22)29-30-31/h5-12,15-16,18,26H,13-14,17H2,1-4H3,(H,28,34)/t26-/m1/s1. The zero-order valence-corrected chi connectivity index (χ0v) is 20.6. The molecule has 2 aromatic carbocycles. The average molecular weight is 474 g/mol. The van der Waals surface area contributed by atoms with Crippen molar-refractivity contribution >= 4 is 28.5 Å². The molecule has 0 fully saturated rings. The first kappa shape index (κ1) is 24.2. The summed E-state index contributed by atoms with van der Waals surface area (Å²) in [5, 5.41) is 11.4. The second kappa shape index (κ2) is 10.5. The van der Waals surface area contributed by atoms with Crippen molar-refractivity contribution in [1.29, 1.82) is 0 Å². The average Bonchev–Trinajstić information content (AvgIpc) is 3.49. The van der Waals surface area contributed by atoms with Gasteiger partial charge in [-0.25, -0.2) is 4.68 Å². The van der Waals surface area contributed by atoms with Gasteiger partial charge in [-0.3, -0.25) is 14.5 Å². The largest absolute Gasteiger partial charge is 0.467 e. The molecule has 0 saturated heterocycles. The molecule has 2 aromatic heterocycles. The molecule has 0 aliphatic heterocycles. The number of furan rings is 1. The van der Waals surface area contributed by atoms with E-state index in [4.69, 9.17) is 4.42 Å². The number of nitrogens with one attached hydrogen (secondary N) is 1. The molecule has 1 atom stereocenters. The normalized spacial score (nSPS) is 12.1. The Balaban J connectivity index is 1.76. The molecule has 0 radical (unpaired) electrons. The van der Waals surface area contributed by atoms with Gasteiger partial charge in [-0.05, 0) is 67.6 Å². The number of carbonyl (C=O) groups excluding carboxylic acids is 2. The van der Waals surface area contributed by atoms with Gasteiger partial charge in [0, 0.05) is 12.2 Å². The van der Waals surface area contributed by atoms with E-state index in [-0.39, 0.29) is 18.4 Å². The highest BCUT2D eigenvalue weighted by atomic mass is 16.3. The van der Waals surface area contributed by atoms with Crippen LogP contribution < -0.4 is 10.2 Å². The number of benzene rings is 2. The third-order valence-corrected chi connectivity index (χ3v) is 5.94. The van der Waals surface area contributed by atoms with Gasteiger partial charge >= 0.3 is 0 Å². The number of nitrogens with zero attached hydrogens (tertiary/aromatic N) is 4. The first-order valence-electron chi connectivity index (χ1n) is 11.8. The third-order valence-electron chi connectivity index (χ3n) is 5.94. The number of carbonyl (C=O) groups is 2. The Labute approximate surface area is 204 Å². The first-order valence-corrected chi connectivity index (χ1v) is 11.8. The maximum Gasteiger partial charge on any atom is 0.251 e. The second-order valence-electron chi connectivity index (χ2n) is 9.18. The Morgan fingerprint density at radius 2 is 1.89 bits per heavy atom. The van der Waals surface area contributed by atoms with Gasteiger partial charge in [-0.15, -0.1) is 5.10 Å². The minimum absolute atomic E-state index is 0.0790. The number of fused-ring (bicyclic) bond motifs is 1. The second-order valence-corrected chi connectivity index (χ2v) is 9.18. The number of amides is 2. The molecular formula is C27H31N5O3. The molecular weight excluding hydrogens is 442 g/mol. The summed E-state index contributed by atoms with van der Waals surface area (Å²) in [5.41, 5.74) is 3.96. The number of aromatic nitrogens is 3. The molecule has 182 valence electrons. The van der Waals surface area contributed by atoms with Crippen LogP contribution in [-0.4, -0.2) is 33.4 Å². The van der Waals surface area contributed by atoms with Crippen molar-refractivity contribution in [2.24, 2.45) is 5.92 Å². The van der Waals surface area contributed by atoms with Gasteiger partial charge in [0.05, 0.1) is 11.8 Å². The van der Waals surface area contributed by atoms with Gasteiger partial charge < -0.3 is 9.73 Å². The van der Waals surface area contributed by atoms with Crippen molar-refractivity contribution in [2.75, 3.05) is 11.4 Å². The Bertz CT molecular complexity index is 1310. The minimum atomic E-state index is -0.972. The van der Waals surface area contributed by atoms with Crippen LogP contribution in [0, 0.1) is 19.8 Å². The molecule has 0 spiro atoms. The predicted octanol–water partition coefficient (Wildman–Crippen LogP) is 4.58. The van der Waals surface area contributed by atoms with Crippen LogP contribution in [0.5, 0.6) is 0 Å². The molecule has 0 unspecified atom stereocenters. The number of hydrogen-bond acceptors (Lipinski definition) is 5. The van der Waals surface area contributed by atoms with Crippen LogP contribution >= 0.6 is 0 Å². The van der Waals surface area contributed by atoms with Crippen molar-refractivity contribution in [1.82, 2.24) is 20.3 Å². The number of para-hydroxylation sites is 1. The lowest BCUT2D eigenvalue weighted by Gasteiger charge is -2.31. The SMILES string of the molecule is Cc1ccc(C)c(N(C(=O)Cn2nnc3ccccc32)[C@@H](C(=O)NCCC(C)C)c2ccco2)c1. The van der Waals surface area contributed by atoms with E-state index in [1.54, 1.807) is 16.8 Å². The molecule has 35 heavy (non-hydrogen) atoms.